The van der Waals surface area contributed by atoms with E-state index < -0.39 is 5.60 Å². The summed E-state index contributed by atoms with van der Waals surface area (Å²) in [6.45, 7) is 2.77. The lowest BCUT2D eigenvalue weighted by Crippen LogP contribution is -2.38. The van der Waals surface area contributed by atoms with Crippen molar-refractivity contribution in [3.8, 4) is 0 Å². The number of aliphatic hydroxyl groups is 1. The van der Waals surface area contributed by atoms with Crippen LogP contribution in [0.3, 0.4) is 0 Å². The molecule has 1 aliphatic heterocycles. The summed E-state index contributed by atoms with van der Waals surface area (Å²) in [5.74, 6) is 0. The zero-order chi connectivity index (χ0) is 11.6. The molecule has 0 bridgehead atoms. The van der Waals surface area contributed by atoms with Crippen LogP contribution < -0.4 is 0 Å². The normalized spacial score (nSPS) is 30.6. The highest BCUT2D eigenvalue weighted by molar-refractivity contribution is 5.16. The predicted molar refractivity (Wildman–Crippen MR) is 61.0 cm³/mol. The summed E-state index contributed by atoms with van der Waals surface area (Å²) < 4.78 is 7.39. The molecule has 1 aromatic rings. The zero-order valence-electron chi connectivity index (χ0n) is 10.0. The van der Waals surface area contributed by atoms with E-state index in [9.17, 15) is 5.11 Å². The van der Waals surface area contributed by atoms with Crippen LogP contribution >= 0.6 is 0 Å². The van der Waals surface area contributed by atoms with Crippen LogP contribution in [0.15, 0.2) is 12.4 Å². The third kappa shape index (κ3) is 2.28. The number of nitrogens with zero attached hydrogens (tertiary/aromatic N) is 2. The van der Waals surface area contributed by atoms with Crippen molar-refractivity contribution in [1.29, 1.82) is 0 Å². The molecule has 0 amide bonds. The van der Waals surface area contributed by atoms with Crippen molar-refractivity contribution in [2.75, 3.05) is 6.61 Å². The van der Waals surface area contributed by atoms with Crippen LogP contribution in [0.4, 0.5) is 0 Å². The molecular formula is C12H20N2O2. The first-order valence-corrected chi connectivity index (χ1v) is 5.97. The van der Waals surface area contributed by atoms with Gasteiger partial charge in [0.05, 0.1) is 24.5 Å². The summed E-state index contributed by atoms with van der Waals surface area (Å²) in [4.78, 5) is 0. The first-order chi connectivity index (χ1) is 7.64. The predicted octanol–water partition coefficient (Wildman–Crippen LogP) is 1.59. The molecule has 1 saturated heterocycles. The molecule has 4 heteroatoms. The van der Waals surface area contributed by atoms with Crippen LogP contribution in [0.5, 0.6) is 0 Å². The maximum Gasteiger partial charge on any atom is 0.0973 e. The minimum Gasteiger partial charge on any atom is -0.385 e. The molecular weight excluding hydrogens is 204 g/mol. The van der Waals surface area contributed by atoms with Gasteiger partial charge in [-0.1, -0.05) is 13.3 Å². The Labute approximate surface area is 96.2 Å². The molecule has 0 spiro atoms. The molecule has 90 valence electrons. The van der Waals surface area contributed by atoms with Gasteiger partial charge in [0.1, 0.15) is 0 Å². The van der Waals surface area contributed by atoms with Gasteiger partial charge in [0.15, 0.2) is 0 Å². The Kier molecular flexibility index (Phi) is 3.30. The summed E-state index contributed by atoms with van der Waals surface area (Å²) in [6, 6.07) is 0. The Morgan fingerprint density at radius 2 is 2.50 bits per heavy atom. The summed E-state index contributed by atoms with van der Waals surface area (Å²) in [6.07, 6.45) is 7.30. The van der Waals surface area contributed by atoms with Gasteiger partial charge in [-0.15, -0.1) is 0 Å². The van der Waals surface area contributed by atoms with Crippen LogP contribution in [0.2, 0.25) is 0 Å². The number of rotatable bonds is 3. The van der Waals surface area contributed by atoms with Gasteiger partial charge in [0, 0.05) is 31.6 Å². The van der Waals surface area contributed by atoms with Crippen molar-refractivity contribution in [2.45, 2.75) is 44.3 Å². The molecule has 1 aliphatic rings. The zero-order valence-corrected chi connectivity index (χ0v) is 10.0. The minimum absolute atomic E-state index is 0.184. The molecule has 1 fully saturated rings. The van der Waals surface area contributed by atoms with Crippen LogP contribution in [0.25, 0.3) is 0 Å². The molecule has 0 aliphatic carbocycles. The van der Waals surface area contributed by atoms with Crippen LogP contribution in [-0.4, -0.2) is 27.6 Å². The van der Waals surface area contributed by atoms with Gasteiger partial charge in [0.2, 0.25) is 0 Å². The molecule has 1 N–H and O–H groups in total. The Morgan fingerprint density at radius 1 is 1.69 bits per heavy atom. The van der Waals surface area contributed by atoms with Crippen LogP contribution in [0.1, 0.15) is 38.2 Å². The molecule has 16 heavy (non-hydrogen) atoms. The van der Waals surface area contributed by atoms with E-state index in [2.05, 4.69) is 12.0 Å². The third-order valence-corrected chi connectivity index (χ3v) is 3.29. The second kappa shape index (κ2) is 4.55. The lowest BCUT2D eigenvalue weighted by atomic mass is 9.84. The maximum absolute atomic E-state index is 10.6. The van der Waals surface area contributed by atoms with Crippen LogP contribution in [-0.2, 0) is 17.4 Å². The van der Waals surface area contributed by atoms with E-state index >= 15 is 0 Å². The second-order valence-corrected chi connectivity index (χ2v) is 4.67. The van der Waals surface area contributed by atoms with Crippen molar-refractivity contribution in [1.82, 2.24) is 9.78 Å². The average molecular weight is 224 g/mol. The highest BCUT2D eigenvalue weighted by Gasteiger charge is 2.37. The number of ether oxygens (including phenoxy) is 1. The Balaban J connectivity index is 2.11. The van der Waals surface area contributed by atoms with Crippen molar-refractivity contribution in [3.05, 3.63) is 18.0 Å². The molecule has 0 aromatic carbocycles. The van der Waals surface area contributed by atoms with Gasteiger partial charge in [-0.05, 0) is 6.42 Å². The van der Waals surface area contributed by atoms with Crippen molar-refractivity contribution in [2.24, 2.45) is 7.05 Å². The Morgan fingerprint density at radius 3 is 3.12 bits per heavy atom. The largest absolute Gasteiger partial charge is 0.385 e. The summed E-state index contributed by atoms with van der Waals surface area (Å²) >= 11 is 0. The average Bonchev–Trinajstić information content (AvgIpc) is 2.66. The van der Waals surface area contributed by atoms with Crippen LogP contribution in [0, 0.1) is 0 Å². The number of hydrogen-bond donors (Lipinski definition) is 1. The summed E-state index contributed by atoms with van der Waals surface area (Å²) in [5.41, 5.74) is 0.172. The van der Waals surface area contributed by atoms with Gasteiger partial charge in [-0.25, -0.2) is 0 Å². The van der Waals surface area contributed by atoms with E-state index in [1.54, 1.807) is 10.9 Å². The SMILES string of the molecule is CCCC1CC(O)(c2cnn(C)c2)CCO1. The first-order valence-electron chi connectivity index (χ1n) is 5.97. The second-order valence-electron chi connectivity index (χ2n) is 4.67. The quantitative estimate of drug-likeness (QED) is 0.848. The van der Waals surface area contributed by atoms with Gasteiger partial charge >= 0.3 is 0 Å². The van der Waals surface area contributed by atoms with E-state index in [-0.39, 0.29) is 6.10 Å². The smallest absolute Gasteiger partial charge is 0.0973 e. The summed E-state index contributed by atoms with van der Waals surface area (Å²) in [5, 5.41) is 14.7. The van der Waals surface area contributed by atoms with Gasteiger partial charge < -0.3 is 9.84 Å². The van der Waals surface area contributed by atoms with E-state index in [1.165, 1.54) is 0 Å². The molecule has 2 atom stereocenters. The minimum atomic E-state index is -0.744. The first kappa shape index (κ1) is 11.6. The maximum atomic E-state index is 10.6. The number of aromatic nitrogens is 2. The molecule has 4 nitrogen and oxygen atoms in total. The molecule has 2 rings (SSSR count). The Hall–Kier alpha value is -0.870. The van der Waals surface area contributed by atoms with Gasteiger partial charge in [-0.3, -0.25) is 4.68 Å². The van der Waals surface area contributed by atoms with E-state index in [0.29, 0.717) is 19.4 Å². The van der Waals surface area contributed by atoms with E-state index in [0.717, 1.165) is 18.4 Å². The van der Waals surface area contributed by atoms with Gasteiger partial charge in [0.25, 0.3) is 0 Å². The fraction of sp³-hybridized carbons (Fsp3) is 0.750. The molecule has 2 heterocycles. The monoisotopic (exact) mass is 224 g/mol. The molecule has 1 aromatic heterocycles. The topological polar surface area (TPSA) is 47.3 Å². The standard InChI is InChI=1S/C12H20N2O2/c1-3-4-11-7-12(15,5-6-16-11)10-8-13-14(2)9-10/h8-9,11,15H,3-7H2,1-2H3. The highest BCUT2D eigenvalue weighted by atomic mass is 16.5. The van der Waals surface area contributed by atoms with Gasteiger partial charge in [-0.2, -0.15) is 5.10 Å². The molecule has 0 radical (unpaired) electrons. The fourth-order valence-electron chi connectivity index (χ4n) is 2.36. The van der Waals surface area contributed by atoms with E-state index in [1.807, 2.05) is 13.2 Å². The third-order valence-electron chi connectivity index (χ3n) is 3.29. The Bertz CT molecular complexity index is 349. The van der Waals surface area contributed by atoms with Crippen molar-refractivity contribution < 1.29 is 9.84 Å². The van der Waals surface area contributed by atoms with Crippen molar-refractivity contribution in [3.63, 3.8) is 0 Å². The molecule has 0 saturated carbocycles. The fourth-order valence-corrected chi connectivity index (χ4v) is 2.36. The lowest BCUT2D eigenvalue weighted by molar-refractivity contribution is -0.110. The number of hydrogen-bond acceptors (Lipinski definition) is 3. The molecule has 2 unspecified atom stereocenters. The van der Waals surface area contributed by atoms with E-state index in [4.69, 9.17) is 4.74 Å². The number of aryl methyl sites for hydroxylation is 1. The van der Waals surface area contributed by atoms with Crippen molar-refractivity contribution >= 4 is 0 Å². The summed E-state index contributed by atoms with van der Waals surface area (Å²) in [7, 11) is 1.87. The lowest BCUT2D eigenvalue weighted by Gasteiger charge is -2.36. The highest BCUT2D eigenvalue weighted by Crippen LogP contribution is 2.35.